The van der Waals surface area contributed by atoms with Crippen LogP contribution in [0.1, 0.15) is 10.4 Å². The summed E-state index contributed by atoms with van der Waals surface area (Å²) < 4.78 is 10.3. The van der Waals surface area contributed by atoms with Gasteiger partial charge in [0, 0.05) is 21.2 Å². The molecule has 3 rings (SSSR count). The Hall–Kier alpha value is -3.16. The van der Waals surface area contributed by atoms with Crippen molar-refractivity contribution in [2.75, 3.05) is 30.6 Å². The second kappa shape index (κ2) is 10.7. The monoisotopic (exact) mass is 456 g/mol. The highest BCUT2D eigenvalue weighted by molar-refractivity contribution is 8.00. The number of rotatable bonds is 8. The number of hydrogen-bond acceptors (Lipinski definition) is 5. The third-order valence-electron chi connectivity index (χ3n) is 4.25. The fraction of sp³-hybridized carbons (Fsp3) is 0.130. The molecule has 0 fully saturated rings. The molecule has 31 heavy (non-hydrogen) atoms. The van der Waals surface area contributed by atoms with Gasteiger partial charge in [0.25, 0.3) is 5.91 Å². The van der Waals surface area contributed by atoms with Gasteiger partial charge in [0.05, 0.1) is 25.7 Å². The highest BCUT2D eigenvalue weighted by atomic mass is 35.5. The predicted octanol–water partition coefficient (Wildman–Crippen LogP) is 5.34. The summed E-state index contributed by atoms with van der Waals surface area (Å²) in [6, 6.07) is 19.2. The van der Waals surface area contributed by atoms with Gasteiger partial charge in [-0.2, -0.15) is 0 Å². The lowest BCUT2D eigenvalue weighted by Gasteiger charge is -2.11. The number of anilines is 2. The molecule has 0 unspecified atom stereocenters. The van der Waals surface area contributed by atoms with E-state index < -0.39 is 0 Å². The summed E-state index contributed by atoms with van der Waals surface area (Å²) in [6.45, 7) is 0. The molecule has 0 bridgehead atoms. The number of benzene rings is 3. The number of ether oxygens (including phenoxy) is 2. The quantitative estimate of drug-likeness (QED) is 0.447. The molecule has 2 amide bonds. The van der Waals surface area contributed by atoms with Crippen LogP contribution in [0, 0.1) is 0 Å². The Morgan fingerprint density at radius 3 is 2.42 bits per heavy atom. The summed E-state index contributed by atoms with van der Waals surface area (Å²) in [4.78, 5) is 25.6. The first-order valence-electron chi connectivity index (χ1n) is 9.30. The minimum Gasteiger partial charge on any atom is -0.497 e. The molecule has 2 N–H and O–H groups in total. The SMILES string of the molecule is COc1ccc(C(=O)Nc2cccc(SCC(=O)Nc3cc(Cl)ccc3OC)c2)cc1. The van der Waals surface area contributed by atoms with Gasteiger partial charge in [-0.1, -0.05) is 17.7 Å². The molecular formula is C23H21ClN2O4S. The minimum absolute atomic E-state index is 0.186. The molecule has 0 radical (unpaired) electrons. The second-order valence-electron chi connectivity index (χ2n) is 6.39. The van der Waals surface area contributed by atoms with E-state index in [1.807, 2.05) is 18.2 Å². The zero-order valence-corrected chi connectivity index (χ0v) is 18.5. The van der Waals surface area contributed by atoms with Crippen LogP contribution in [-0.2, 0) is 4.79 Å². The van der Waals surface area contributed by atoms with Gasteiger partial charge in [0.15, 0.2) is 0 Å². The van der Waals surface area contributed by atoms with Crippen molar-refractivity contribution in [1.82, 2.24) is 0 Å². The number of nitrogens with one attached hydrogen (secondary N) is 2. The van der Waals surface area contributed by atoms with E-state index in [4.69, 9.17) is 21.1 Å². The van der Waals surface area contributed by atoms with Crippen molar-refractivity contribution in [3.8, 4) is 11.5 Å². The van der Waals surface area contributed by atoms with Crippen molar-refractivity contribution in [3.05, 3.63) is 77.3 Å². The molecule has 160 valence electrons. The maximum atomic E-state index is 12.4. The Labute approximate surface area is 189 Å². The molecule has 0 atom stereocenters. The van der Waals surface area contributed by atoms with Gasteiger partial charge in [0.1, 0.15) is 11.5 Å². The first-order valence-corrected chi connectivity index (χ1v) is 10.7. The summed E-state index contributed by atoms with van der Waals surface area (Å²) in [5, 5.41) is 6.16. The number of carbonyl (C=O) groups is 2. The van der Waals surface area contributed by atoms with Crippen LogP contribution in [-0.4, -0.2) is 31.8 Å². The molecule has 0 heterocycles. The van der Waals surface area contributed by atoms with E-state index in [-0.39, 0.29) is 17.6 Å². The number of hydrogen-bond donors (Lipinski definition) is 2. The molecular weight excluding hydrogens is 436 g/mol. The smallest absolute Gasteiger partial charge is 0.255 e. The highest BCUT2D eigenvalue weighted by Crippen LogP contribution is 2.28. The Morgan fingerprint density at radius 1 is 0.935 bits per heavy atom. The van der Waals surface area contributed by atoms with Crippen LogP contribution in [0.4, 0.5) is 11.4 Å². The van der Waals surface area contributed by atoms with Crippen LogP contribution in [0.15, 0.2) is 71.6 Å². The number of halogens is 1. The van der Waals surface area contributed by atoms with Gasteiger partial charge in [-0.3, -0.25) is 9.59 Å². The second-order valence-corrected chi connectivity index (χ2v) is 7.88. The van der Waals surface area contributed by atoms with E-state index in [0.29, 0.717) is 33.5 Å². The molecule has 8 heteroatoms. The van der Waals surface area contributed by atoms with Crippen LogP contribution in [0.2, 0.25) is 5.02 Å². The summed E-state index contributed by atoms with van der Waals surface area (Å²) in [7, 11) is 3.10. The fourth-order valence-electron chi connectivity index (χ4n) is 2.72. The van der Waals surface area contributed by atoms with Crippen LogP contribution < -0.4 is 20.1 Å². The van der Waals surface area contributed by atoms with Crippen LogP contribution in [0.25, 0.3) is 0 Å². The van der Waals surface area contributed by atoms with Crippen molar-refractivity contribution < 1.29 is 19.1 Å². The summed E-state index contributed by atoms with van der Waals surface area (Å²) in [5.74, 6) is 0.981. The average Bonchev–Trinajstić information content (AvgIpc) is 2.78. The van der Waals surface area contributed by atoms with Gasteiger partial charge in [-0.05, 0) is 60.7 Å². The Kier molecular flexibility index (Phi) is 7.81. The van der Waals surface area contributed by atoms with E-state index in [9.17, 15) is 9.59 Å². The van der Waals surface area contributed by atoms with Crippen molar-refractivity contribution in [2.24, 2.45) is 0 Å². The van der Waals surface area contributed by atoms with E-state index in [2.05, 4.69) is 10.6 Å². The third kappa shape index (κ3) is 6.41. The molecule has 0 aliphatic carbocycles. The number of amides is 2. The highest BCUT2D eigenvalue weighted by Gasteiger charge is 2.10. The van der Waals surface area contributed by atoms with Crippen molar-refractivity contribution in [3.63, 3.8) is 0 Å². The van der Waals surface area contributed by atoms with Crippen LogP contribution in [0.5, 0.6) is 11.5 Å². The molecule has 0 spiro atoms. The number of methoxy groups -OCH3 is 2. The lowest BCUT2D eigenvalue weighted by molar-refractivity contribution is -0.113. The molecule has 0 aromatic heterocycles. The molecule has 0 aliphatic heterocycles. The number of thioether (sulfide) groups is 1. The number of carbonyl (C=O) groups excluding carboxylic acids is 2. The van der Waals surface area contributed by atoms with Crippen molar-refractivity contribution in [2.45, 2.75) is 4.90 Å². The maximum Gasteiger partial charge on any atom is 0.255 e. The fourth-order valence-corrected chi connectivity index (χ4v) is 3.65. The summed E-state index contributed by atoms with van der Waals surface area (Å²) >= 11 is 7.35. The van der Waals surface area contributed by atoms with E-state index in [1.165, 1.54) is 18.9 Å². The first-order chi connectivity index (χ1) is 15.0. The summed E-state index contributed by atoms with van der Waals surface area (Å²) in [5.41, 5.74) is 1.68. The van der Waals surface area contributed by atoms with E-state index >= 15 is 0 Å². The molecule has 3 aromatic carbocycles. The topological polar surface area (TPSA) is 76.7 Å². The van der Waals surface area contributed by atoms with Gasteiger partial charge >= 0.3 is 0 Å². The largest absolute Gasteiger partial charge is 0.497 e. The minimum atomic E-state index is -0.226. The summed E-state index contributed by atoms with van der Waals surface area (Å²) in [6.07, 6.45) is 0. The molecule has 0 aliphatic rings. The van der Waals surface area contributed by atoms with Gasteiger partial charge in [-0.25, -0.2) is 0 Å². The van der Waals surface area contributed by atoms with E-state index in [1.54, 1.807) is 55.6 Å². The van der Waals surface area contributed by atoms with Gasteiger partial charge in [0.2, 0.25) is 5.91 Å². The lowest BCUT2D eigenvalue weighted by Crippen LogP contribution is -2.14. The van der Waals surface area contributed by atoms with E-state index in [0.717, 1.165) is 4.90 Å². The Morgan fingerprint density at radius 2 is 1.71 bits per heavy atom. The third-order valence-corrected chi connectivity index (χ3v) is 5.48. The van der Waals surface area contributed by atoms with Gasteiger partial charge < -0.3 is 20.1 Å². The first kappa shape index (κ1) is 22.5. The van der Waals surface area contributed by atoms with Crippen molar-refractivity contribution in [1.29, 1.82) is 0 Å². The lowest BCUT2D eigenvalue weighted by atomic mass is 10.2. The molecule has 3 aromatic rings. The Bertz CT molecular complexity index is 1070. The van der Waals surface area contributed by atoms with Crippen molar-refractivity contribution >= 4 is 46.6 Å². The zero-order valence-electron chi connectivity index (χ0n) is 17.0. The molecule has 0 saturated heterocycles. The maximum absolute atomic E-state index is 12.4. The average molecular weight is 457 g/mol. The normalized spacial score (nSPS) is 10.3. The predicted molar refractivity (Wildman–Crippen MR) is 125 cm³/mol. The van der Waals surface area contributed by atoms with Crippen LogP contribution in [0.3, 0.4) is 0 Å². The zero-order chi connectivity index (χ0) is 22.2. The van der Waals surface area contributed by atoms with Gasteiger partial charge in [-0.15, -0.1) is 11.8 Å². The molecule has 6 nitrogen and oxygen atoms in total. The molecule has 0 saturated carbocycles. The Balaban J connectivity index is 1.58. The van der Waals surface area contributed by atoms with Crippen LogP contribution >= 0.6 is 23.4 Å². The standard InChI is InChI=1S/C23H21ClN2O4S/c1-29-18-9-6-15(7-10-18)23(28)25-17-4-3-5-19(13-17)31-14-22(27)26-20-12-16(24)8-11-21(20)30-2/h3-13H,14H2,1-2H3,(H,25,28)(H,26,27).